The standard InChI is InChI=1S/C28H28F4O4/c1-15(2)20-13-22-25(21(33)14-27(3,4)36-22)23(16-5-9-18(29)10-6-16)24(20)26(34)17-7-11-19(12-8-17)35-28(30,31)32/h5-13,15,21,26,33-34H,14H2,1-4H3/t21-,26-/m0/s1. The second-order valence-corrected chi connectivity index (χ2v) is 9.93. The van der Waals surface area contributed by atoms with Gasteiger partial charge in [0.1, 0.15) is 29.0 Å². The SMILES string of the molecule is CC(C)c1cc2c(c(-c3ccc(F)cc3)c1[C@@H](O)c1ccc(OC(F)(F)F)cc1)[C@@H](O)CC(C)(C)O2. The van der Waals surface area contributed by atoms with Crippen molar-refractivity contribution in [2.75, 3.05) is 0 Å². The van der Waals surface area contributed by atoms with Gasteiger partial charge in [0.15, 0.2) is 0 Å². The second-order valence-electron chi connectivity index (χ2n) is 9.93. The number of hydrogen-bond acceptors (Lipinski definition) is 4. The van der Waals surface area contributed by atoms with Gasteiger partial charge in [0.2, 0.25) is 0 Å². The molecule has 0 unspecified atom stereocenters. The minimum atomic E-state index is -4.83. The van der Waals surface area contributed by atoms with Crippen molar-refractivity contribution < 1.29 is 37.2 Å². The molecular formula is C28H28F4O4. The molecule has 0 radical (unpaired) electrons. The van der Waals surface area contributed by atoms with Crippen LogP contribution in [-0.4, -0.2) is 22.2 Å². The third kappa shape index (κ3) is 5.34. The number of halogens is 4. The molecule has 1 heterocycles. The van der Waals surface area contributed by atoms with Crippen molar-refractivity contribution in [3.63, 3.8) is 0 Å². The minimum absolute atomic E-state index is 0.0854. The van der Waals surface area contributed by atoms with E-state index < -0.39 is 35.7 Å². The summed E-state index contributed by atoms with van der Waals surface area (Å²) in [5.41, 5.74) is 2.49. The molecule has 2 N–H and O–H groups in total. The fraction of sp³-hybridized carbons (Fsp3) is 0.357. The van der Waals surface area contributed by atoms with Crippen LogP contribution in [0, 0.1) is 5.82 Å². The molecule has 0 saturated carbocycles. The van der Waals surface area contributed by atoms with Crippen LogP contribution in [0.2, 0.25) is 0 Å². The van der Waals surface area contributed by atoms with Gasteiger partial charge < -0.3 is 19.7 Å². The smallest absolute Gasteiger partial charge is 0.487 e. The molecule has 4 nitrogen and oxygen atoms in total. The Labute approximate surface area is 207 Å². The number of benzene rings is 3. The maximum absolute atomic E-state index is 13.8. The number of aliphatic hydroxyl groups excluding tert-OH is 2. The van der Waals surface area contributed by atoms with Gasteiger partial charge in [-0.3, -0.25) is 0 Å². The Balaban J connectivity index is 1.94. The van der Waals surface area contributed by atoms with Crippen molar-refractivity contribution in [2.24, 2.45) is 0 Å². The summed E-state index contributed by atoms with van der Waals surface area (Å²) in [7, 11) is 0. The first-order valence-electron chi connectivity index (χ1n) is 11.6. The van der Waals surface area contributed by atoms with Crippen LogP contribution in [-0.2, 0) is 0 Å². The molecule has 8 heteroatoms. The number of fused-ring (bicyclic) bond motifs is 1. The summed E-state index contributed by atoms with van der Waals surface area (Å²) >= 11 is 0. The molecule has 3 aromatic rings. The maximum Gasteiger partial charge on any atom is 0.573 e. The molecule has 0 amide bonds. The quantitative estimate of drug-likeness (QED) is 0.361. The average Bonchev–Trinajstić information content (AvgIpc) is 2.76. The highest BCUT2D eigenvalue weighted by molar-refractivity contribution is 5.78. The monoisotopic (exact) mass is 504 g/mol. The maximum atomic E-state index is 13.8. The van der Waals surface area contributed by atoms with E-state index in [0.717, 1.165) is 17.7 Å². The van der Waals surface area contributed by atoms with Crippen LogP contribution in [0.4, 0.5) is 17.6 Å². The number of alkyl halides is 3. The molecule has 3 aromatic carbocycles. The van der Waals surface area contributed by atoms with E-state index in [1.54, 1.807) is 18.2 Å². The number of rotatable bonds is 5. The predicted octanol–water partition coefficient (Wildman–Crippen LogP) is 7.19. The molecule has 4 rings (SSSR count). The van der Waals surface area contributed by atoms with Gasteiger partial charge in [-0.05, 0) is 77.9 Å². The minimum Gasteiger partial charge on any atom is -0.487 e. The van der Waals surface area contributed by atoms with Crippen molar-refractivity contribution in [2.45, 2.75) is 64.2 Å². The lowest BCUT2D eigenvalue weighted by atomic mass is 9.78. The van der Waals surface area contributed by atoms with Crippen molar-refractivity contribution in [1.29, 1.82) is 0 Å². The van der Waals surface area contributed by atoms with Crippen molar-refractivity contribution in [3.05, 3.63) is 82.7 Å². The van der Waals surface area contributed by atoms with Gasteiger partial charge in [-0.2, -0.15) is 0 Å². The Hall–Kier alpha value is -3.10. The van der Waals surface area contributed by atoms with E-state index in [9.17, 15) is 27.8 Å². The molecule has 192 valence electrons. The summed E-state index contributed by atoms with van der Waals surface area (Å²) in [6.45, 7) is 7.63. The topological polar surface area (TPSA) is 58.9 Å². The van der Waals surface area contributed by atoms with Gasteiger partial charge in [0, 0.05) is 12.0 Å². The first-order chi connectivity index (χ1) is 16.8. The third-order valence-corrected chi connectivity index (χ3v) is 6.26. The average molecular weight is 505 g/mol. The zero-order valence-corrected chi connectivity index (χ0v) is 20.4. The van der Waals surface area contributed by atoms with Crippen molar-refractivity contribution >= 4 is 0 Å². The highest BCUT2D eigenvalue weighted by atomic mass is 19.4. The zero-order valence-electron chi connectivity index (χ0n) is 20.4. The summed E-state index contributed by atoms with van der Waals surface area (Å²) < 4.78 is 61.8. The highest BCUT2D eigenvalue weighted by Gasteiger charge is 2.38. The Kier molecular flexibility index (Phi) is 6.79. The number of aliphatic hydroxyl groups is 2. The summed E-state index contributed by atoms with van der Waals surface area (Å²) in [6, 6.07) is 12.5. The van der Waals surface area contributed by atoms with Gasteiger partial charge in [-0.1, -0.05) is 38.1 Å². The molecule has 2 atom stereocenters. The van der Waals surface area contributed by atoms with Crippen LogP contribution >= 0.6 is 0 Å². The first kappa shape index (κ1) is 26.0. The van der Waals surface area contributed by atoms with E-state index in [1.807, 2.05) is 27.7 Å². The van der Waals surface area contributed by atoms with Gasteiger partial charge in [0.25, 0.3) is 0 Å². The molecule has 0 spiro atoms. The first-order valence-corrected chi connectivity index (χ1v) is 11.6. The molecule has 0 aliphatic carbocycles. The molecule has 36 heavy (non-hydrogen) atoms. The van der Waals surface area contributed by atoms with Gasteiger partial charge in [0.05, 0.1) is 6.10 Å². The van der Waals surface area contributed by atoms with E-state index in [4.69, 9.17) is 4.74 Å². The fourth-order valence-electron chi connectivity index (χ4n) is 4.75. The van der Waals surface area contributed by atoms with Crippen LogP contribution in [0.15, 0.2) is 54.6 Å². The van der Waals surface area contributed by atoms with E-state index >= 15 is 0 Å². The Morgan fingerprint density at radius 1 is 1.03 bits per heavy atom. The second kappa shape index (κ2) is 9.41. The third-order valence-electron chi connectivity index (χ3n) is 6.26. The lowest BCUT2D eigenvalue weighted by Crippen LogP contribution is -2.35. The zero-order chi connectivity index (χ0) is 26.4. The van der Waals surface area contributed by atoms with Gasteiger partial charge in [-0.15, -0.1) is 13.2 Å². The number of hydrogen-bond donors (Lipinski definition) is 2. The Morgan fingerprint density at radius 2 is 1.64 bits per heavy atom. The van der Waals surface area contributed by atoms with Gasteiger partial charge >= 0.3 is 6.36 Å². The van der Waals surface area contributed by atoms with Gasteiger partial charge in [-0.25, -0.2) is 4.39 Å². The number of ether oxygens (including phenoxy) is 2. The molecule has 0 saturated heterocycles. The molecular weight excluding hydrogens is 476 g/mol. The highest BCUT2D eigenvalue weighted by Crippen LogP contribution is 2.50. The molecule has 1 aliphatic rings. The molecule has 0 bridgehead atoms. The van der Waals surface area contributed by atoms with Crippen molar-refractivity contribution in [1.82, 2.24) is 0 Å². The predicted molar refractivity (Wildman–Crippen MR) is 127 cm³/mol. The Bertz CT molecular complexity index is 1230. The lowest BCUT2D eigenvalue weighted by Gasteiger charge is -2.38. The van der Waals surface area contributed by atoms with E-state index in [-0.39, 0.29) is 5.92 Å². The Morgan fingerprint density at radius 3 is 2.19 bits per heavy atom. The molecule has 0 aromatic heterocycles. The summed E-state index contributed by atoms with van der Waals surface area (Å²) in [6.07, 6.45) is -6.70. The summed E-state index contributed by atoms with van der Waals surface area (Å²) in [4.78, 5) is 0. The summed E-state index contributed by atoms with van der Waals surface area (Å²) in [5.74, 6) is -0.449. The largest absolute Gasteiger partial charge is 0.573 e. The van der Waals surface area contributed by atoms with Crippen LogP contribution < -0.4 is 9.47 Å². The van der Waals surface area contributed by atoms with Crippen LogP contribution in [0.1, 0.15) is 74.5 Å². The normalized spacial score (nSPS) is 17.9. The van der Waals surface area contributed by atoms with Crippen molar-refractivity contribution in [3.8, 4) is 22.6 Å². The molecule has 1 aliphatic heterocycles. The van der Waals surface area contributed by atoms with Crippen LogP contribution in [0.5, 0.6) is 11.5 Å². The molecule has 0 fully saturated rings. The van der Waals surface area contributed by atoms with Crippen LogP contribution in [0.3, 0.4) is 0 Å². The van der Waals surface area contributed by atoms with E-state index in [2.05, 4.69) is 4.74 Å². The van der Waals surface area contributed by atoms with Crippen LogP contribution in [0.25, 0.3) is 11.1 Å². The summed E-state index contributed by atoms with van der Waals surface area (Å²) in [5, 5.41) is 22.8. The fourth-order valence-corrected chi connectivity index (χ4v) is 4.75. The lowest BCUT2D eigenvalue weighted by molar-refractivity contribution is -0.274. The van der Waals surface area contributed by atoms with E-state index in [1.165, 1.54) is 24.3 Å². The van der Waals surface area contributed by atoms with E-state index in [0.29, 0.717) is 40.0 Å².